The van der Waals surface area contributed by atoms with E-state index in [0.717, 1.165) is 5.56 Å². The lowest BCUT2D eigenvalue weighted by Crippen LogP contribution is -2.53. The van der Waals surface area contributed by atoms with E-state index in [4.69, 9.17) is 4.74 Å². The highest BCUT2D eigenvalue weighted by Gasteiger charge is 2.28. The lowest BCUT2D eigenvalue weighted by atomic mass is 10.0. The molecule has 154 valence electrons. The molecule has 0 saturated carbocycles. The Morgan fingerprint density at radius 2 is 1.52 bits per heavy atom. The number of benzene rings is 2. The summed E-state index contributed by atoms with van der Waals surface area (Å²) in [4.78, 5) is 29.0. The summed E-state index contributed by atoms with van der Waals surface area (Å²) in [5, 5.41) is 0. The van der Waals surface area contributed by atoms with Crippen LogP contribution in [0.3, 0.4) is 0 Å². The zero-order valence-corrected chi connectivity index (χ0v) is 17.7. The molecule has 2 aromatic rings. The van der Waals surface area contributed by atoms with Gasteiger partial charge in [-0.15, -0.1) is 0 Å². The highest BCUT2D eigenvalue weighted by molar-refractivity contribution is 5.94. The average molecular weight is 395 g/mol. The first-order chi connectivity index (χ1) is 13.8. The minimum atomic E-state index is -0.557. The van der Waals surface area contributed by atoms with Crippen molar-refractivity contribution >= 4 is 11.8 Å². The summed E-state index contributed by atoms with van der Waals surface area (Å²) in [5.74, 6) is 1.14. The number of piperazine rings is 1. The van der Waals surface area contributed by atoms with Crippen LogP contribution in [-0.2, 0) is 4.79 Å². The highest BCUT2D eigenvalue weighted by atomic mass is 16.5. The number of carbonyl (C=O) groups excluding carboxylic acids is 2. The molecule has 2 amide bonds. The van der Waals surface area contributed by atoms with Crippen LogP contribution in [0, 0.1) is 6.92 Å². The van der Waals surface area contributed by atoms with E-state index in [9.17, 15) is 9.59 Å². The van der Waals surface area contributed by atoms with Gasteiger partial charge in [-0.25, -0.2) is 0 Å². The maximum absolute atomic E-state index is 12.8. The van der Waals surface area contributed by atoms with Gasteiger partial charge in [-0.1, -0.05) is 43.7 Å². The molecule has 0 bridgehead atoms. The lowest BCUT2D eigenvalue weighted by molar-refractivity contribution is -0.139. The number of aryl methyl sites for hydroxylation is 1. The molecular formula is C24H30N2O3. The van der Waals surface area contributed by atoms with Gasteiger partial charge < -0.3 is 14.5 Å². The van der Waals surface area contributed by atoms with Crippen LogP contribution in [0.4, 0.5) is 0 Å². The maximum atomic E-state index is 12.8. The summed E-state index contributed by atoms with van der Waals surface area (Å²) >= 11 is 0. The predicted octanol–water partition coefficient (Wildman–Crippen LogP) is 3.87. The number of carbonyl (C=O) groups is 2. The molecule has 0 spiro atoms. The summed E-state index contributed by atoms with van der Waals surface area (Å²) < 4.78 is 5.85. The van der Waals surface area contributed by atoms with E-state index in [-0.39, 0.29) is 11.8 Å². The third-order valence-electron chi connectivity index (χ3n) is 5.35. The molecule has 3 rings (SSSR count). The second-order valence-electron chi connectivity index (χ2n) is 7.97. The molecule has 1 atom stereocenters. The summed E-state index contributed by atoms with van der Waals surface area (Å²) in [6.45, 7) is 10.2. The quantitative estimate of drug-likeness (QED) is 0.774. The molecule has 5 nitrogen and oxygen atoms in total. The molecule has 0 radical (unpaired) electrons. The van der Waals surface area contributed by atoms with Crippen molar-refractivity contribution in [3.63, 3.8) is 0 Å². The van der Waals surface area contributed by atoms with Crippen LogP contribution in [0.5, 0.6) is 5.75 Å². The van der Waals surface area contributed by atoms with Crippen molar-refractivity contribution in [3.05, 3.63) is 65.2 Å². The number of rotatable bonds is 5. The van der Waals surface area contributed by atoms with E-state index in [2.05, 4.69) is 13.8 Å². The van der Waals surface area contributed by atoms with Gasteiger partial charge >= 0.3 is 0 Å². The molecule has 29 heavy (non-hydrogen) atoms. The van der Waals surface area contributed by atoms with Crippen LogP contribution in [0.15, 0.2) is 48.5 Å². The normalized spacial score (nSPS) is 15.3. The minimum Gasteiger partial charge on any atom is -0.481 e. The molecule has 0 N–H and O–H groups in total. The van der Waals surface area contributed by atoms with E-state index >= 15 is 0 Å². The van der Waals surface area contributed by atoms with E-state index in [1.165, 1.54) is 5.56 Å². The molecule has 0 aromatic heterocycles. The Morgan fingerprint density at radius 3 is 2.10 bits per heavy atom. The third-order valence-corrected chi connectivity index (χ3v) is 5.35. The average Bonchev–Trinajstić information content (AvgIpc) is 2.73. The van der Waals surface area contributed by atoms with Crippen molar-refractivity contribution in [2.75, 3.05) is 26.2 Å². The molecule has 1 aliphatic rings. The smallest absolute Gasteiger partial charge is 0.263 e. The van der Waals surface area contributed by atoms with Gasteiger partial charge in [0.05, 0.1) is 0 Å². The summed E-state index contributed by atoms with van der Waals surface area (Å²) in [6, 6.07) is 15.5. The van der Waals surface area contributed by atoms with Gasteiger partial charge in [-0.05, 0) is 49.6 Å². The fraction of sp³-hybridized carbons (Fsp3) is 0.417. The van der Waals surface area contributed by atoms with Crippen molar-refractivity contribution in [2.45, 2.75) is 39.7 Å². The molecular weight excluding hydrogens is 364 g/mol. The Bertz CT molecular complexity index is 853. The Balaban J connectivity index is 1.53. The summed E-state index contributed by atoms with van der Waals surface area (Å²) in [6.07, 6.45) is -0.557. The standard InChI is InChI=1S/C24H30N2O3/c1-17(2)20-8-10-22(11-9-20)29-19(4)23(27)25-12-14-26(15-13-25)24(28)21-7-5-6-18(3)16-21/h5-11,16-17,19H,12-15H2,1-4H3. The van der Waals surface area contributed by atoms with Gasteiger partial charge in [0, 0.05) is 31.7 Å². The van der Waals surface area contributed by atoms with Crippen molar-refractivity contribution in [3.8, 4) is 5.75 Å². The van der Waals surface area contributed by atoms with E-state index in [0.29, 0.717) is 43.4 Å². The molecule has 0 aliphatic carbocycles. The fourth-order valence-corrected chi connectivity index (χ4v) is 3.53. The third kappa shape index (κ3) is 5.17. The summed E-state index contributed by atoms with van der Waals surface area (Å²) in [7, 11) is 0. The van der Waals surface area contributed by atoms with Crippen LogP contribution in [-0.4, -0.2) is 53.9 Å². The van der Waals surface area contributed by atoms with Crippen molar-refractivity contribution < 1.29 is 14.3 Å². The number of hydrogen-bond donors (Lipinski definition) is 0. The van der Waals surface area contributed by atoms with E-state index in [1.54, 1.807) is 11.8 Å². The van der Waals surface area contributed by atoms with Gasteiger partial charge in [-0.3, -0.25) is 9.59 Å². The van der Waals surface area contributed by atoms with Crippen LogP contribution in [0.25, 0.3) is 0 Å². The van der Waals surface area contributed by atoms with Crippen molar-refractivity contribution in [1.82, 2.24) is 9.80 Å². The van der Waals surface area contributed by atoms with Crippen LogP contribution in [0.2, 0.25) is 0 Å². The van der Waals surface area contributed by atoms with Gasteiger partial charge in [0.25, 0.3) is 11.8 Å². The monoisotopic (exact) mass is 394 g/mol. The molecule has 2 aromatic carbocycles. The Labute approximate surface area is 173 Å². The number of hydrogen-bond acceptors (Lipinski definition) is 3. The molecule has 1 unspecified atom stereocenters. The molecule has 5 heteroatoms. The number of nitrogens with zero attached hydrogens (tertiary/aromatic N) is 2. The van der Waals surface area contributed by atoms with Gasteiger partial charge in [0.2, 0.25) is 0 Å². The van der Waals surface area contributed by atoms with Crippen molar-refractivity contribution in [2.24, 2.45) is 0 Å². The Morgan fingerprint density at radius 1 is 0.897 bits per heavy atom. The number of amides is 2. The lowest BCUT2D eigenvalue weighted by Gasteiger charge is -2.36. The zero-order valence-electron chi connectivity index (χ0n) is 17.7. The topological polar surface area (TPSA) is 49.9 Å². The minimum absolute atomic E-state index is 0.0235. The molecule has 1 saturated heterocycles. The van der Waals surface area contributed by atoms with Crippen LogP contribution in [0.1, 0.15) is 48.2 Å². The first-order valence-corrected chi connectivity index (χ1v) is 10.3. The molecule has 1 aliphatic heterocycles. The van der Waals surface area contributed by atoms with Crippen LogP contribution < -0.4 is 4.74 Å². The second-order valence-corrected chi connectivity index (χ2v) is 7.97. The van der Waals surface area contributed by atoms with Gasteiger partial charge in [0.1, 0.15) is 5.75 Å². The van der Waals surface area contributed by atoms with E-state index in [1.807, 2.05) is 60.4 Å². The second kappa shape index (κ2) is 9.12. The molecule has 1 fully saturated rings. The maximum Gasteiger partial charge on any atom is 0.263 e. The Kier molecular flexibility index (Phi) is 6.57. The largest absolute Gasteiger partial charge is 0.481 e. The van der Waals surface area contributed by atoms with Crippen molar-refractivity contribution in [1.29, 1.82) is 0 Å². The predicted molar refractivity (Wildman–Crippen MR) is 114 cm³/mol. The summed E-state index contributed by atoms with van der Waals surface area (Å²) in [5.41, 5.74) is 3.01. The Hall–Kier alpha value is -2.82. The van der Waals surface area contributed by atoms with Gasteiger partial charge in [-0.2, -0.15) is 0 Å². The van der Waals surface area contributed by atoms with Gasteiger partial charge in [0.15, 0.2) is 6.10 Å². The molecule has 1 heterocycles. The highest BCUT2D eigenvalue weighted by Crippen LogP contribution is 2.20. The fourth-order valence-electron chi connectivity index (χ4n) is 3.53. The van der Waals surface area contributed by atoms with Crippen LogP contribution >= 0.6 is 0 Å². The number of ether oxygens (including phenoxy) is 1. The van der Waals surface area contributed by atoms with E-state index < -0.39 is 6.10 Å². The zero-order chi connectivity index (χ0) is 21.0. The first kappa shape index (κ1) is 20.9. The SMILES string of the molecule is Cc1cccc(C(=O)N2CCN(C(=O)C(C)Oc3ccc(C(C)C)cc3)CC2)c1. The first-order valence-electron chi connectivity index (χ1n) is 10.3.